The van der Waals surface area contributed by atoms with Crippen molar-refractivity contribution in [1.29, 1.82) is 0 Å². The van der Waals surface area contributed by atoms with E-state index < -0.39 is 0 Å². The molecular weight excluding hydrogens is 412 g/mol. The number of pyridine rings is 2. The van der Waals surface area contributed by atoms with Gasteiger partial charge in [0.25, 0.3) is 0 Å². The van der Waals surface area contributed by atoms with Crippen LogP contribution < -0.4 is 4.57 Å². The van der Waals surface area contributed by atoms with E-state index in [9.17, 15) is 0 Å². The summed E-state index contributed by atoms with van der Waals surface area (Å²) in [7, 11) is 0. The molecule has 0 aliphatic heterocycles. The molecule has 3 rings (SSSR count). The second-order valence-corrected chi connectivity index (χ2v) is 9.40. The molecule has 0 bridgehead atoms. The highest BCUT2D eigenvalue weighted by Crippen LogP contribution is 2.15. The summed E-state index contributed by atoms with van der Waals surface area (Å²) in [6.07, 6.45) is 24.7. The Morgan fingerprint density at radius 1 is 0.618 bits per heavy atom. The van der Waals surface area contributed by atoms with Crippen molar-refractivity contribution in [2.75, 3.05) is 0 Å². The van der Waals surface area contributed by atoms with Crippen LogP contribution in [0.1, 0.15) is 93.9 Å². The van der Waals surface area contributed by atoms with Crippen LogP contribution in [0.3, 0.4) is 0 Å². The number of unbranched alkanes of at least 4 members (excludes halogenated alkanes) is 11. The molecule has 0 amide bonds. The Morgan fingerprint density at radius 3 is 1.79 bits per heavy atom. The average Bonchev–Trinajstić information content (AvgIpc) is 2.90. The van der Waals surface area contributed by atoms with Gasteiger partial charge in [-0.05, 0) is 48.0 Å². The number of hydrogen-bond acceptors (Lipinski definition) is 1. The summed E-state index contributed by atoms with van der Waals surface area (Å²) in [5, 5.41) is 0. The van der Waals surface area contributed by atoms with E-state index in [-0.39, 0.29) is 0 Å². The van der Waals surface area contributed by atoms with Crippen LogP contribution >= 0.6 is 0 Å². The molecule has 0 aliphatic carbocycles. The lowest BCUT2D eigenvalue weighted by molar-refractivity contribution is -0.608. The highest BCUT2D eigenvalue weighted by molar-refractivity contribution is 5.48. The van der Waals surface area contributed by atoms with Crippen molar-refractivity contribution in [2.24, 2.45) is 0 Å². The van der Waals surface area contributed by atoms with E-state index in [4.69, 9.17) is 0 Å². The maximum atomic E-state index is 4.54. The van der Waals surface area contributed by atoms with Crippen molar-refractivity contribution in [2.45, 2.75) is 89.9 Å². The van der Waals surface area contributed by atoms with Crippen LogP contribution in [-0.4, -0.2) is 4.98 Å². The Morgan fingerprint density at radius 2 is 1.21 bits per heavy atom. The number of hydrogen-bond donors (Lipinski definition) is 0. The van der Waals surface area contributed by atoms with Gasteiger partial charge in [0.05, 0.1) is 6.20 Å². The van der Waals surface area contributed by atoms with Gasteiger partial charge in [-0.15, -0.1) is 0 Å². The fourth-order valence-corrected chi connectivity index (χ4v) is 4.75. The van der Waals surface area contributed by atoms with Gasteiger partial charge in [-0.1, -0.05) is 113 Å². The summed E-state index contributed by atoms with van der Waals surface area (Å²) in [5.41, 5.74) is 4.02. The fraction of sp³-hybridized carbons (Fsp3) is 0.438. The van der Waals surface area contributed by atoms with Crippen molar-refractivity contribution in [3.8, 4) is 5.82 Å². The summed E-state index contributed by atoms with van der Waals surface area (Å²) >= 11 is 0. The Balaban J connectivity index is 1.21. The minimum atomic E-state index is 0.984. The molecule has 2 heteroatoms. The largest absolute Gasteiger partial charge is 0.327 e. The maximum Gasteiger partial charge on any atom is 0.327 e. The molecule has 0 spiro atoms. The molecule has 0 saturated carbocycles. The van der Waals surface area contributed by atoms with E-state index >= 15 is 0 Å². The summed E-state index contributed by atoms with van der Waals surface area (Å²) in [5.74, 6) is 0.984. The third-order valence-electron chi connectivity index (χ3n) is 6.72. The second kappa shape index (κ2) is 16.0. The smallest absolute Gasteiger partial charge is 0.200 e. The second-order valence-electron chi connectivity index (χ2n) is 9.40. The molecule has 180 valence electrons. The zero-order chi connectivity index (χ0) is 23.7. The molecule has 34 heavy (non-hydrogen) atoms. The normalized spacial score (nSPS) is 10.9. The van der Waals surface area contributed by atoms with E-state index in [0.717, 1.165) is 12.2 Å². The number of aromatic nitrogens is 2. The van der Waals surface area contributed by atoms with E-state index in [0.29, 0.717) is 0 Å². The lowest BCUT2D eigenvalue weighted by atomic mass is 10.0. The van der Waals surface area contributed by atoms with Gasteiger partial charge in [-0.3, -0.25) is 0 Å². The monoisotopic (exact) mass is 455 g/mol. The number of nitrogens with zero attached hydrogens (tertiary/aromatic N) is 2. The van der Waals surface area contributed by atoms with Crippen molar-refractivity contribution in [1.82, 2.24) is 4.98 Å². The molecular formula is C32H43N2+. The first kappa shape index (κ1) is 25.9. The molecule has 0 unspecified atom stereocenters. The number of benzene rings is 1. The first-order valence-corrected chi connectivity index (χ1v) is 13.5. The molecule has 2 nitrogen and oxygen atoms in total. The molecule has 0 fully saturated rings. The SMILES string of the molecule is C=Cc1ccc[n+](-c2ccccn2)c1CCCCCCCCCCCCCCc1ccccc1. The van der Waals surface area contributed by atoms with Gasteiger partial charge in [0.15, 0.2) is 0 Å². The third kappa shape index (κ3) is 9.25. The lowest BCUT2D eigenvalue weighted by Crippen LogP contribution is -2.37. The quantitative estimate of drug-likeness (QED) is 0.147. The van der Waals surface area contributed by atoms with Crippen molar-refractivity contribution in [3.63, 3.8) is 0 Å². The minimum absolute atomic E-state index is 0.984. The summed E-state index contributed by atoms with van der Waals surface area (Å²) < 4.78 is 2.22. The van der Waals surface area contributed by atoms with Crippen LogP contribution in [0.4, 0.5) is 0 Å². The molecule has 0 radical (unpaired) electrons. The zero-order valence-corrected chi connectivity index (χ0v) is 21.0. The molecule has 1 aromatic carbocycles. The van der Waals surface area contributed by atoms with Crippen LogP contribution in [0.25, 0.3) is 11.9 Å². The maximum absolute atomic E-state index is 4.54. The Hall–Kier alpha value is -2.74. The molecule has 2 aromatic heterocycles. The minimum Gasteiger partial charge on any atom is -0.200 e. The molecule has 0 N–H and O–H groups in total. The van der Waals surface area contributed by atoms with Crippen LogP contribution in [0.5, 0.6) is 0 Å². The topological polar surface area (TPSA) is 16.8 Å². The third-order valence-corrected chi connectivity index (χ3v) is 6.72. The van der Waals surface area contributed by atoms with Gasteiger partial charge in [-0.2, -0.15) is 4.57 Å². The van der Waals surface area contributed by atoms with E-state index in [1.165, 1.54) is 100 Å². The van der Waals surface area contributed by atoms with Crippen LogP contribution in [-0.2, 0) is 12.8 Å². The van der Waals surface area contributed by atoms with Crippen molar-refractivity contribution < 1.29 is 4.57 Å². The van der Waals surface area contributed by atoms with Gasteiger partial charge < -0.3 is 0 Å². The molecule has 2 heterocycles. The van der Waals surface area contributed by atoms with Crippen LogP contribution in [0.2, 0.25) is 0 Å². The van der Waals surface area contributed by atoms with E-state index in [1.807, 2.05) is 24.4 Å². The van der Waals surface area contributed by atoms with Gasteiger partial charge in [0.2, 0.25) is 0 Å². The molecule has 0 atom stereocenters. The number of rotatable bonds is 17. The van der Waals surface area contributed by atoms with Gasteiger partial charge in [0.1, 0.15) is 11.9 Å². The predicted octanol–water partition coefficient (Wildman–Crippen LogP) is 8.47. The average molecular weight is 456 g/mol. The fourth-order valence-electron chi connectivity index (χ4n) is 4.75. The first-order valence-electron chi connectivity index (χ1n) is 13.5. The Kier molecular flexibility index (Phi) is 12.2. The van der Waals surface area contributed by atoms with E-state index in [2.05, 4.69) is 70.9 Å². The van der Waals surface area contributed by atoms with Gasteiger partial charge in [0, 0.05) is 18.1 Å². The number of aryl methyl sites for hydroxylation is 1. The van der Waals surface area contributed by atoms with Crippen LogP contribution in [0.15, 0.2) is 79.6 Å². The molecule has 0 saturated heterocycles. The summed E-state index contributed by atoms with van der Waals surface area (Å²) in [6, 6.07) is 21.2. The first-order chi connectivity index (χ1) is 16.9. The van der Waals surface area contributed by atoms with Crippen LogP contribution in [0, 0.1) is 0 Å². The van der Waals surface area contributed by atoms with E-state index in [1.54, 1.807) is 0 Å². The summed E-state index contributed by atoms with van der Waals surface area (Å²) in [4.78, 5) is 4.54. The highest BCUT2D eigenvalue weighted by Gasteiger charge is 2.14. The molecule has 3 aromatic rings. The van der Waals surface area contributed by atoms with Gasteiger partial charge >= 0.3 is 5.82 Å². The molecule has 0 aliphatic rings. The Bertz CT molecular complexity index is 934. The van der Waals surface area contributed by atoms with Crippen molar-refractivity contribution >= 4 is 6.08 Å². The zero-order valence-electron chi connectivity index (χ0n) is 21.0. The van der Waals surface area contributed by atoms with Crippen molar-refractivity contribution in [3.05, 3.63) is 96.5 Å². The standard InChI is InChI=1S/C32H43N2/c1-2-30-24-20-28-34(32-26-18-19-27-33-32)31(30)25-17-12-10-8-6-4-3-5-7-9-11-14-21-29-22-15-13-16-23-29/h2,13,15-16,18-20,22-24,26-28H,1,3-12,14,17,21,25H2/q+1. The highest BCUT2D eigenvalue weighted by atomic mass is 15.0. The van der Waals surface area contributed by atoms with Gasteiger partial charge in [-0.25, -0.2) is 0 Å². The predicted molar refractivity (Wildman–Crippen MR) is 145 cm³/mol. The lowest BCUT2D eigenvalue weighted by Gasteiger charge is -2.09. The summed E-state index contributed by atoms with van der Waals surface area (Å²) in [6.45, 7) is 4.02. The Labute approximate surface area is 207 Å².